The van der Waals surface area contributed by atoms with Gasteiger partial charge in [0.05, 0.1) is 5.56 Å². The average molecular weight is 235 g/mol. The van der Waals surface area contributed by atoms with E-state index in [4.69, 9.17) is 0 Å². The van der Waals surface area contributed by atoms with E-state index in [9.17, 15) is 13.2 Å². The highest BCUT2D eigenvalue weighted by atomic mass is 19.4. The number of hydrogen-bond acceptors (Lipinski definition) is 0. The Kier molecular flexibility index (Phi) is 2.92. The first-order valence-electron chi connectivity index (χ1n) is 5.07. The molecular formula is C14H10F3. The second kappa shape index (κ2) is 4.24. The standard InChI is InChI=1S/C14H10F3/c1-10-5-2-3-8-13(10)11-6-4-7-12(9-11)14(15,16)17/h2-9H,1H2. The summed E-state index contributed by atoms with van der Waals surface area (Å²) in [4.78, 5) is 0. The molecule has 0 atom stereocenters. The Hall–Kier alpha value is -1.77. The zero-order valence-corrected chi connectivity index (χ0v) is 8.96. The summed E-state index contributed by atoms with van der Waals surface area (Å²) in [6.07, 6.45) is -4.31. The molecule has 0 amide bonds. The van der Waals surface area contributed by atoms with E-state index in [1.807, 2.05) is 0 Å². The molecule has 87 valence electrons. The summed E-state index contributed by atoms with van der Waals surface area (Å²) in [5.74, 6) is 0. The first kappa shape index (κ1) is 11.7. The molecule has 3 heteroatoms. The molecule has 17 heavy (non-hydrogen) atoms. The molecule has 0 bridgehead atoms. The smallest absolute Gasteiger partial charge is 0.166 e. The fourth-order valence-electron chi connectivity index (χ4n) is 1.66. The van der Waals surface area contributed by atoms with Crippen molar-refractivity contribution in [1.82, 2.24) is 0 Å². The molecule has 0 aliphatic heterocycles. The lowest BCUT2D eigenvalue weighted by molar-refractivity contribution is -0.137. The minimum Gasteiger partial charge on any atom is -0.166 e. The Labute approximate surface area is 97.7 Å². The van der Waals surface area contributed by atoms with Crippen molar-refractivity contribution < 1.29 is 13.2 Å². The van der Waals surface area contributed by atoms with Crippen LogP contribution in [-0.2, 0) is 6.18 Å². The predicted octanol–water partition coefficient (Wildman–Crippen LogP) is 4.55. The Morgan fingerprint density at radius 2 is 1.59 bits per heavy atom. The third-order valence-electron chi connectivity index (χ3n) is 2.52. The van der Waals surface area contributed by atoms with E-state index in [2.05, 4.69) is 6.92 Å². The molecule has 0 unspecified atom stereocenters. The fourth-order valence-corrected chi connectivity index (χ4v) is 1.66. The first-order valence-corrected chi connectivity index (χ1v) is 5.07. The molecule has 0 nitrogen and oxygen atoms in total. The van der Waals surface area contributed by atoms with E-state index >= 15 is 0 Å². The van der Waals surface area contributed by atoms with Crippen LogP contribution in [0.5, 0.6) is 0 Å². The predicted molar refractivity (Wildman–Crippen MR) is 61.3 cm³/mol. The van der Waals surface area contributed by atoms with Gasteiger partial charge in [-0.15, -0.1) is 0 Å². The number of hydrogen-bond donors (Lipinski definition) is 0. The summed E-state index contributed by atoms with van der Waals surface area (Å²) < 4.78 is 37.7. The van der Waals surface area contributed by atoms with Crippen molar-refractivity contribution in [1.29, 1.82) is 0 Å². The second-order valence-corrected chi connectivity index (χ2v) is 3.74. The minimum atomic E-state index is -4.31. The van der Waals surface area contributed by atoms with Crippen LogP contribution in [0.2, 0.25) is 0 Å². The number of halogens is 3. The molecule has 0 N–H and O–H groups in total. The summed E-state index contributed by atoms with van der Waals surface area (Å²) in [7, 11) is 0. The molecule has 2 rings (SSSR count). The van der Waals surface area contributed by atoms with Crippen molar-refractivity contribution >= 4 is 0 Å². The highest BCUT2D eigenvalue weighted by Crippen LogP contribution is 2.32. The highest BCUT2D eigenvalue weighted by Gasteiger charge is 2.30. The monoisotopic (exact) mass is 235 g/mol. The van der Waals surface area contributed by atoms with Crippen LogP contribution in [0.3, 0.4) is 0 Å². The van der Waals surface area contributed by atoms with Gasteiger partial charge in [-0.2, -0.15) is 13.2 Å². The van der Waals surface area contributed by atoms with Gasteiger partial charge >= 0.3 is 6.18 Å². The Bertz CT molecular complexity index is 527. The van der Waals surface area contributed by atoms with E-state index < -0.39 is 11.7 Å². The third kappa shape index (κ3) is 2.49. The molecule has 2 aromatic rings. The molecule has 0 heterocycles. The maximum atomic E-state index is 12.6. The van der Waals surface area contributed by atoms with Crippen LogP contribution >= 0.6 is 0 Å². The van der Waals surface area contributed by atoms with Crippen molar-refractivity contribution in [2.75, 3.05) is 0 Å². The quantitative estimate of drug-likeness (QED) is 0.680. The van der Waals surface area contributed by atoms with Crippen LogP contribution in [0.4, 0.5) is 13.2 Å². The van der Waals surface area contributed by atoms with Crippen molar-refractivity contribution in [3.63, 3.8) is 0 Å². The topological polar surface area (TPSA) is 0 Å². The van der Waals surface area contributed by atoms with Gasteiger partial charge in [-0.1, -0.05) is 36.4 Å². The normalized spacial score (nSPS) is 11.5. The number of rotatable bonds is 1. The lowest BCUT2D eigenvalue weighted by Crippen LogP contribution is -2.04. The van der Waals surface area contributed by atoms with Gasteiger partial charge in [-0.25, -0.2) is 0 Å². The maximum Gasteiger partial charge on any atom is 0.416 e. The van der Waals surface area contributed by atoms with Crippen LogP contribution < -0.4 is 0 Å². The zero-order chi connectivity index (χ0) is 12.5. The molecule has 0 aromatic heterocycles. The van der Waals surface area contributed by atoms with E-state index in [-0.39, 0.29) is 0 Å². The molecule has 0 aliphatic carbocycles. The largest absolute Gasteiger partial charge is 0.416 e. The van der Waals surface area contributed by atoms with Crippen molar-refractivity contribution in [3.8, 4) is 11.1 Å². The summed E-state index contributed by atoms with van der Waals surface area (Å²) in [6.45, 7) is 3.81. The van der Waals surface area contributed by atoms with Gasteiger partial charge in [0.25, 0.3) is 0 Å². The lowest BCUT2D eigenvalue weighted by Gasteiger charge is -2.10. The SMILES string of the molecule is [CH2]c1ccccc1-c1cccc(C(F)(F)F)c1. The second-order valence-electron chi connectivity index (χ2n) is 3.74. The van der Waals surface area contributed by atoms with E-state index in [1.54, 1.807) is 30.3 Å². The van der Waals surface area contributed by atoms with E-state index in [0.29, 0.717) is 11.1 Å². The molecular weight excluding hydrogens is 225 g/mol. The summed E-state index contributed by atoms with van der Waals surface area (Å²) in [5.41, 5.74) is 1.33. The molecule has 0 aliphatic rings. The fraction of sp³-hybridized carbons (Fsp3) is 0.0714. The van der Waals surface area contributed by atoms with E-state index in [0.717, 1.165) is 17.7 Å². The Balaban J connectivity index is 2.51. The highest BCUT2D eigenvalue weighted by molar-refractivity contribution is 5.68. The van der Waals surface area contributed by atoms with Crippen LogP contribution in [-0.4, -0.2) is 0 Å². The van der Waals surface area contributed by atoms with Gasteiger partial charge in [0.1, 0.15) is 0 Å². The lowest BCUT2D eigenvalue weighted by atomic mass is 9.99. The third-order valence-corrected chi connectivity index (χ3v) is 2.52. The first-order chi connectivity index (χ1) is 7.98. The van der Waals surface area contributed by atoms with Crippen LogP contribution in [0.15, 0.2) is 48.5 Å². The molecule has 0 saturated carbocycles. The summed E-state index contributed by atoms with van der Waals surface area (Å²) >= 11 is 0. The van der Waals surface area contributed by atoms with Gasteiger partial charge in [0.15, 0.2) is 0 Å². The van der Waals surface area contributed by atoms with Gasteiger partial charge in [0, 0.05) is 0 Å². The van der Waals surface area contributed by atoms with Crippen molar-refractivity contribution in [2.45, 2.75) is 6.18 Å². The Morgan fingerprint density at radius 3 is 2.24 bits per heavy atom. The summed E-state index contributed by atoms with van der Waals surface area (Å²) in [6, 6.07) is 12.4. The molecule has 2 aromatic carbocycles. The average Bonchev–Trinajstić information content (AvgIpc) is 2.29. The van der Waals surface area contributed by atoms with Crippen molar-refractivity contribution in [2.24, 2.45) is 0 Å². The molecule has 0 saturated heterocycles. The van der Waals surface area contributed by atoms with Crippen LogP contribution in [0, 0.1) is 6.92 Å². The van der Waals surface area contributed by atoms with Gasteiger partial charge in [-0.3, -0.25) is 0 Å². The molecule has 1 radical (unpaired) electrons. The van der Waals surface area contributed by atoms with E-state index in [1.165, 1.54) is 6.07 Å². The number of alkyl halides is 3. The van der Waals surface area contributed by atoms with Crippen molar-refractivity contribution in [3.05, 3.63) is 66.6 Å². The summed E-state index contributed by atoms with van der Waals surface area (Å²) in [5, 5.41) is 0. The molecule has 0 fully saturated rings. The molecule has 0 spiro atoms. The number of benzene rings is 2. The van der Waals surface area contributed by atoms with Gasteiger partial charge < -0.3 is 0 Å². The zero-order valence-electron chi connectivity index (χ0n) is 8.96. The van der Waals surface area contributed by atoms with Gasteiger partial charge in [-0.05, 0) is 35.7 Å². The maximum absolute atomic E-state index is 12.6. The van der Waals surface area contributed by atoms with Crippen LogP contribution in [0.25, 0.3) is 11.1 Å². The minimum absolute atomic E-state index is 0.533. The Morgan fingerprint density at radius 1 is 0.882 bits per heavy atom. The van der Waals surface area contributed by atoms with Crippen LogP contribution in [0.1, 0.15) is 11.1 Å². The van der Waals surface area contributed by atoms with Gasteiger partial charge in [0.2, 0.25) is 0 Å².